The van der Waals surface area contributed by atoms with Crippen molar-refractivity contribution in [3.63, 3.8) is 0 Å². The number of aromatic nitrogens is 3. The molecule has 138 valence electrons. The highest BCUT2D eigenvalue weighted by molar-refractivity contribution is 5.81. The highest BCUT2D eigenvalue weighted by atomic mass is 16.2. The molecule has 0 bridgehead atoms. The first kappa shape index (κ1) is 17.0. The maximum atomic E-state index is 12.5. The van der Waals surface area contributed by atoms with Gasteiger partial charge < -0.3 is 10.2 Å². The molecule has 7 heteroatoms. The number of pyridine rings is 1. The van der Waals surface area contributed by atoms with Crippen molar-refractivity contribution in [2.75, 3.05) is 19.6 Å². The van der Waals surface area contributed by atoms with Crippen molar-refractivity contribution in [3.8, 4) is 0 Å². The first-order chi connectivity index (χ1) is 12.6. The largest absolute Gasteiger partial charge is 0.354 e. The summed E-state index contributed by atoms with van der Waals surface area (Å²) in [7, 11) is 0. The van der Waals surface area contributed by atoms with Crippen LogP contribution in [0.15, 0.2) is 18.3 Å². The highest BCUT2D eigenvalue weighted by Gasteiger charge is 2.35. The molecule has 0 spiro atoms. The molecule has 2 amide bonds. The summed E-state index contributed by atoms with van der Waals surface area (Å²) in [5.41, 5.74) is 1.87. The minimum absolute atomic E-state index is 0.0458. The molecule has 1 aliphatic carbocycles. The van der Waals surface area contributed by atoms with Crippen LogP contribution in [0.3, 0.4) is 0 Å². The van der Waals surface area contributed by atoms with Crippen LogP contribution in [-0.4, -0.2) is 51.1 Å². The molecule has 0 aromatic carbocycles. The molecule has 0 radical (unpaired) electrons. The van der Waals surface area contributed by atoms with E-state index in [-0.39, 0.29) is 17.7 Å². The molecule has 26 heavy (non-hydrogen) atoms. The Balaban J connectivity index is 1.52. The van der Waals surface area contributed by atoms with Crippen LogP contribution in [0, 0.1) is 5.92 Å². The predicted molar refractivity (Wildman–Crippen MR) is 97.5 cm³/mol. The van der Waals surface area contributed by atoms with Gasteiger partial charge in [-0.05, 0) is 31.4 Å². The Hall–Kier alpha value is -2.44. The third-order valence-corrected chi connectivity index (χ3v) is 5.57. The molecule has 7 nitrogen and oxygen atoms in total. The molecule has 1 saturated carbocycles. The summed E-state index contributed by atoms with van der Waals surface area (Å²) in [6.45, 7) is 4.20. The van der Waals surface area contributed by atoms with Crippen molar-refractivity contribution in [1.82, 2.24) is 25.0 Å². The van der Waals surface area contributed by atoms with Gasteiger partial charge in [0, 0.05) is 50.0 Å². The van der Waals surface area contributed by atoms with Gasteiger partial charge >= 0.3 is 0 Å². The molecule has 1 unspecified atom stereocenters. The SMILES string of the molecule is CC(=O)NCCn1nc(C2CCN(C(=O)C3CCC3)C2)c2cccnc21. The molecule has 4 rings (SSSR count). The number of fused-ring (bicyclic) bond motifs is 1. The molecule has 2 aromatic rings. The second kappa shape index (κ2) is 7.05. The highest BCUT2D eigenvalue weighted by Crippen LogP contribution is 2.34. The van der Waals surface area contributed by atoms with E-state index in [0.29, 0.717) is 19.0 Å². The molecule has 2 aromatic heterocycles. The van der Waals surface area contributed by atoms with Gasteiger partial charge in [-0.25, -0.2) is 9.67 Å². The van der Waals surface area contributed by atoms with Crippen molar-refractivity contribution in [1.29, 1.82) is 0 Å². The Bertz CT molecular complexity index is 826. The first-order valence-corrected chi connectivity index (χ1v) is 9.48. The standard InChI is InChI=1S/C19H25N5O2/c1-13(25)20-9-11-24-18-16(6-3-8-21-18)17(22-24)15-7-10-23(12-15)19(26)14-4-2-5-14/h3,6,8,14-15H,2,4-5,7,9-12H2,1H3,(H,20,25). The molecule has 3 heterocycles. The summed E-state index contributed by atoms with van der Waals surface area (Å²) >= 11 is 0. The van der Waals surface area contributed by atoms with E-state index in [1.807, 2.05) is 15.6 Å². The number of likely N-dealkylation sites (tertiary alicyclic amines) is 1. The van der Waals surface area contributed by atoms with Gasteiger partial charge in [-0.1, -0.05) is 6.42 Å². The molecular formula is C19H25N5O2. The number of rotatable bonds is 5. The normalized spacial score (nSPS) is 20.3. The van der Waals surface area contributed by atoms with E-state index in [1.54, 1.807) is 6.20 Å². The van der Waals surface area contributed by atoms with Crippen LogP contribution in [0.25, 0.3) is 11.0 Å². The molecule has 1 saturated heterocycles. The molecule has 2 fully saturated rings. The lowest BCUT2D eigenvalue weighted by Gasteiger charge is -2.29. The summed E-state index contributed by atoms with van der Waals surface area (Å²) in [5, 5.41) is 8.66. The fourth-order valence-electron chi connectivity index (χ4n) is 3.93. The minimum Gasteiger partial charge on any atom is -0.354 e. The Kier molecular flexibility index (Phi) is 4.61. The number of hydrogen-bond donors (Lipinski definition) is 1. The average molecular weight is 355 g/mol. The fourth-order valence-corrected chi connectivity index (χ4v) is 3.93. The maximum Gasteiger partial charge on any atom is 0.225 e. The van der Waals surface area contributed by atoms with E-state index in [2.05, 4.69) is 16.4 Å². The van der Waals surface area contributed by atoms with Crippen molar-refractivity contribution in [2.45, 2.75) is 45.1 Å². The van der Waals surface area contributed by atoms with Crippen LogP contribution in [0.4, 0.5) is 0 Å². The van der Waals surface area contributed by atoms with Gasteiger partial charge in [0.05, 0.1) is 12.2 Å². The van der Waals surface area contributed by atoms with E-state index >= 15 is 0 Å². The lowest BCUT2D eigenvalue weighted by molar-refractivity contribution is -0.137. The quantitative estimate of drug-likeness (QED) is 0.885. The summed E-state index contributed by atoms with van der Waals surface area (Å²) in [6, 6.07) is 3.98. The van der Waals surface area contributed by atoms with Gasteiger partial charge in [-0.15, -0.1) is 0 Å². The number of hydrogen-bond acceptors (Lipinski definition) is 4. The fraction of sp³-hybridized carbons (Fsp3) is 0.579. The smallest absolute Gasteiger partial charge is 0.225 e. The molecule has 1 N–H and O–H groups in total. The molecule has 1 aliphatic heterocycles. The maximum absolute atomic E-state index is 12.5. The van der Waals surface area contributed by atoms with E-state index in [1.165, 1.54) is 13.3 Å². The molecule has 2 aliphatic rings. The van der Waals surface area contributed by atoms with Gasteiger partial charge in [-0.2, -0.15) is 5.10 Å². The third kappa shape index (κ3) is 3.18. The van der Waals surface area contributed by atoms with Crippen LogP contribution < -0.4 is 5.32 Å². The van der Waals surface area contributed by atoms with Crippen LogP contribution >= 0.6 is 0 Å². The predicted octanol–water partition coefficient (Wildman–Crippen LogP) is 1.68. The van der Waals surface area contributed by atoms with Gasteiger partial charge in [0.25, 0.3) is 0 Å². The monoisotopic (exact) mass is 355 g/mol. The summed E-state index contributed by atoms with van der Waals surface area (Å²) in [6.07, 6.45) is 5.99. The van der Waals surface area contributed by atoms with Crippen LogP contribution in [0.1, 0.15) is 44.2 Å². The van der Waals surface area contributed by atoms with Crippen LogP contribution in [-0.2, 0) is 16.1 Å². The minimum atomic E-state index is -0.0458. The number of nitrogens with zero attached hydrogens (tertiary/aromatic N) is 4. The second-order valence-electron chi connectivity index (χ2n) is 7.36. The zero-order valence-corrected chi connectivity index (χ0v) is 15.1. The first-order valence-electron chi connectivity index (χ1n) is 9.48. The summed E-state index contributed by atoms with van der Waals surface area (Å²) in [5.74, 6) is 0.789. The summed E-state index contributed by atoms with van der Waals surface area (Å²) < 4.78 is 1.87. The summed E-state index contributed by atoms with van der Waals surface area (Å²) in [4.78, 5) is 30.1. The Morgan fingerprint density at radius 1 is 1.31 bits per heavy atom. The number of nitrogens with one attached hydrogen (secondary N) is 1. The lowest BCUT2D eigenvalue weighted by Crippen LogP contribution is -2.37. The van der Waals surface area contributed by atoms with E-state index in [0.717, 1.165) is 49.1 Å². The number of amides is 2. The van der Waals surface area contributed by atoms with Gasteiger partial charge in [0.2, 0.25) is 11.8 Å². The number of carbonyl (C=O) groups excluding carboxylic acids is 2. The topological polar surface area (TPSA) is 80.1 Å². The van der Waals surface area contributed by atoms with E-state index in [4.69, 9.17) is 5.10 Å². The van der Waals surface area contributed by atoms with Crippen molar-refractivity contribution in [2.24, 2.45) is 5.92 Å². The zero-order valence-electron chi connectivity index (χ0n) is 15.1. The van der Waals surface area contributed by atoms with E-state index < -0.39 is 0 Å². The van der Waals surface area contributed by atoms with Crippen LogP contribution in [0.5, 0.6) is 0 Å². The lowest BCUT2D eigenvalue weighted by atomic mass is 9.84. The molecular weight excluding hydrogens is 330 g/mol. The Morgan fingerprint density at radius 2 is 2.15 bits per heavy atom. The third-order valence-electron chi connectivity index (χ3n) is 5.57. The number of carbonyl (C=O) groups is 2. The zero-order chi connectivity index (χ0) is 18.1. The van der Waals surface area contributed by atoms with Crippen LogP contribution in [0.2, 0.25) is 0 Å². The van der Waals surface area contributed by atoms with Gasteiger partial charge in [0.1, 0.15) is 0 Å². The van der Waals surface area contributed by atoms with Crippen molar-refractivity contribution in [3.05, 3.63) is 24.0 Å². The molecule has 1 atom stereocenters. The Labute approximate surface area is 152 Å². The van der Waals surface area contributed by atoms with Crippen molar-refractivity contribution < 1.29 is 9.59 Å². The van der Waals surface area contributed by atoms with E-state index in [9.17, 15) is 9.59 Å². The Morgan fingerprint density at radius 3 is 2.88 bits per heavy atom. The van der Waals surface area contributed by atoms with Gasteiger partial charge in [0.15, 0.2) is 5.65 Å². The average Bonchev–Trinajstić information content (AvgIpc) is 3.18. The van der Waals surface area contributed by atoms with Crippen molar-refractivity contribution >= 4 is 22.8 Å². The second-order valence-corrected chi connectivity index (χ2v) is 7.36. The van der Waals surface area contributed by atoms with Gasteiger partial charge in [-0.3, -0.25) is 9.59 Å².